The number of amides is 1. The van der Waals surface area contributed by atoms with E-state index in [1.54, 1.807) is 0 Å². The van der Waals surface area contributed by atoms with Crippen molar-refractivity contribution in [3.8, 4) is 11.5 Å². The minimum absolute atomic E-state index is 0.0561. The molecule has 2 rings (SSSR count). The zero-order valence-electron chi connectivity index (χ0n) is 13.5. The van der Waals surface area contributed by atoms with E-state index in [1.165, 1.54) is 0 Å². The van der Waals surface area contributed by atoms with Crippen LogP contribution in [0.4, 0.5) is 0 Å². The van der Waals surface area contributed by atoms with Crippen molar-refractivity contribution >= 4 is 5.91 Å². The number of aryl methyl sites for hydroxylation is 1. The van der Waals surface area contributed by atoms with Gasteiger partial charge in [-0.3, -0.25) is 4.79 Å². The number of benzene rings is 1. The summed E-state index contributed by atoms with van der Waals surface area (Å²) >= 11 is 0. The van der Waals surface area contributed by atoms with Crippen molar-refractivity contribution in [2.75, 3.05) is 6.61 Å². The van der Waals surface area contributed by atoms with E-state index in [0.29, 0.717) is 18.2 Å². The molecule has 0 saturated heterocycles. The highest BCUT2D eigenvalue weighted by Crippen LogP contribution is 2.17. The molecule has 0 aliphatic rings. The first-order valence-corrected chi connectivity index (χ1v) is 7.92. The van der Waals surface area contributed by atoms with Crippen LogP contribution in [0.15, 0.2) is 34.7 Å². The number of aliphatic hydroxyl groups is 1. The molecule has 2 aromatic rings. The van der Waals surface area contributed by atoms with Gasteiger partial charge in [-0.25, -0.2) is 0 Å². The summed E-state index contributed by atoms with van der Waals surface area (Å²) < 4.78 is 5.57. The standard InChI is InChI=1S/C17H23N3O3/c1-3-12(2)14(11-21)18-15(22)9-10-16-19-20-17(23-16)13-7-5-4-6-8-13/h4-8,12,14,21H,3,9-11H2,1-2H3,(H,18,22)/t12-,14+/m0/s1. The molecule has 0 aliphatic carbocycles. The molecule has 0 fully saturated rings. The molecule has 0 unspecified atom stereocenters. The van der Waals surface area contributed by atoms with Gasteiger partial charge < -0.3 is 14.8 Å². The Morgan fingerprint density at radius 1 is 1.30 bits per heavy atom. The van der Waals surface area contributed by atoms with Gasteiger partial charge in [-0.2, -0.15) is 0 Å². The highest BCUT2D eigenvalue weighted by atomic mass is 16.4. The summed E-state index contributed by atoms with van der Waals surface area (Å²) in [6.07, 6.45) is 1.53. The van der Waals surface area contributed by atoms with Crippen LogP contribution in [-0.4, -0.2) is 33.9 Å². The molecule has 1 aromatic heterocycles. The van der Waals surface area contributed by atoms with Crippen LogP contribution in [0, 0.1) is 5.92 Å². The van der Waals surface area contributed by atoms with Crippen molar-refractivity contribution in [2.24, 2.45) is 5.92 Å². The lowest BCUT2D eigenvalue weighted by atomic mass is 10.00. The summed E-state index contributed by atoms with van der Waals surface area (Å²) in [6.45, 7) is 3.98. The van der Waals surface area contributed by atoms with Gasteiger partial charge in [0.15, 0.2) is 0 Å². The first-order chi connectivity index (χ1) is 11.1. The van der Waals surface area contributed by atoms with Crippen LogP contribution in [0.25, 0.3) is 11.5 Å². The molecule has 6 heteroatoms. The van der Waals surface area contributed by atoms with Gasteiger partial charge >= 0.3 is 0 Å². The molecule has 0 radical (unpaired) electrons. The Hall–Kier alpha value is -2.21. The van der Waals surface area contributed by atoms with Gasteiger partial charge in [0.25, 0.3) is 0 Å². The zero-order valence-corrected chi connectivity index (χ0v) is 13.5. The van der Waals surface area contributed by atoms with Crippen LogP contribution in [0.1, 0.15) is 32.6 Å². The summed E-state index contributed by atoms with van der Waals surface area (Å²) in [5, 5.41) is 20.1. The Labute approximate surface area is 135 Å². The van der Waals surface area contributed by atoms with Crippen LogP contribution in [0.3, 0.4) is 0 Å². The van der Waals surface area contributed by atoms with Crippen LogP contribution < -0.4 is 5.32 Å². The van der Waals surface area contributed by atoms with Gasteiger partial charge in [-0.05, 0) is 18.1 Å². The third-order valence-electron chi connectivity index (χ3n) is 3.93. The fourth-order valence-corrected chi connectivity index (χ4v) is 2.20. The number of aliphatic hydroxyl groups excluding tert-OH is 1. The molecule has 2 atom stereocenters. The molecule has 1 amide bonds. The van der Waals surface area contributed by atoms with E-state index < -0.39 is 0 Å². The van der Waals surface area contributed by atoms with E-state index in [4.69, 9.17) is 4.42 Å². The molecule has 1 heterocycles. The van der Waals surface area contributed by atoms with E-state index in [9.17, 15) is 9.90 Å². The monoisotopic (exact) mass is 317 g/mol. The minimum Gasteiger partial charge on any atom is -0.421 e. The number of rotatable bonds is 8. The van der Waals surface area contributed by atoms with Crippen molar-refractivity contribution in [2.45, 2.75) is 39.2 Å². The number of aromatic nitrogens is 2. The van der Waals surface area contributed by atoms with Gasteiger partial charge in [0.05, 0.1) is 12.6 Å². The second-order valence-electron chi connectivity index (χ2n) is 5.61. The van der Waals surface area contributed by atoms with E-state index in [0.717, 1.165) is 12.0 Å². The smallest absolute Gasteiger partial charge is 0.247 e. The lowest BCUT2D eigenvalue weighted by Gasteiger charge is -2.21. The molecule has 6 nitrogen and oxygen atoms in total. The molecule has 0 aliphatic heterocycles. The summed E-state index contributed by atoms with van der Waals surface area (Å²) in [5.74, 6) is 0.998. The van der Waals surface area contributed by atoms with Crippen LogP contribution in [0.5, 0.6) is 0 Å². The Morgan fingerprint density at radius 2 is 2.04 bits per heavy atom. The lowest BCUT2D eigenvalue weighted by molar-refractivity contribution is -0.122. The minimum atomic E-state index is -0.213. The number of carbonyl (C=O) groups excluding carboxylic acids is 1. The number of hydrogen-bond donors (Lipinski definition) is 2. The molecule has 0 bridgehead atoms. The van der Waals surface area contributed by atoms with Gasteiger partial charge in [0.2, 0.25) is 17.7 Å². The molecule has 124 valence electrons. The van der Waals surface area contributed by atoms with Crippen molar-refractivity contribution in [1.29, 1.82) is 0 Å². The third-order valence-corrected chi connectivity index (χ3v) is 3.93. The van der Waals surface area contributed by atoms with Gasteiger partial charge in [0.1, 0.15) is 0 Å². The molecular formula is C17H23N3O3. The first-order valence-electron chi connectivity index (χ1n) is 7.92. The maximum absolute atomic E-state index is 12.0. The van der Waals surface area contributed by atoms with E-state index in [-0.39, 0.29) is 30.9 Å². The number of nitrogens with one attached hydrogen (secondary N) is 1. The third kappa shape index (κ3) is 4.89. The normalized spacial score (nSPS) is 13.5. The summed E-state index contributed by atoms with van der Waals surface area (Å²) in [4.78, 5) is 12.0. The van der Waals surface area contributed by atoms with E-state index >= 15 is 0 Å². The predicted octanol–water partition coefficient (Wildman–Crippen LogP) is 2.19. The SMILES string of the molecule is CC[C@H](C)[C@@H](CO)NC(=O)CCc1nnc(-c2ccccc2)o1. The maximum atomic E-state index is 12.0. The lowest BCUT2D eigenvalue weighted by Crippen LogP contribution is -2.41. The first kappa shape index (κ1) is 17.1. The molecule has 0 spiro atoms. The van der Waals surface area contributed by atoms with Crippen molar-refractivity contribution in [1.82, 2.24) is 15.5 Å². The van der Waals surface area contributed by atoms with Gasteiger partial charge in [-0.1, -0.05) is 38.5 Å². The average Bonchev–Trinajstić information content (AvgIpc) is 3.07. The van der Waals surface area contributed by atoms with Crippen molar-refractivity contribution in [3.63, 3.8) is 0 Å². The van der Waals surface area contributed by atoms with E-state index in [2.05, 4.69) is 15.5 Å². The quantitative estimate of drug-likeness (QED) is 0.779. The maximum Gasteiger partial charge on any atom is 0.247 e. The highest BCUT2D eigenvalue weighted by molar-refractivity contribution is 5.76. The Bertz CT molecular complexity index is 613. The summed E-state index contributed by atoms with van der Waals surface area (Å²) in [5.41, 5.74) is 0.854. The van der Waals surface area contributed by atoms with Gasteiger partial charge in [0, 0.05) is 18.4 Å². The fraction of sp³-hybridized carbons (Fsp3) is 0.471. The van der Waals surface area contributed by atoms with Crippen LogP contribution in [0.2, 0.25) is 0 Å². The van der Waals surface area contributed by atoms with Crippen molar-refractivity contribution < 1.29 is 14.3 Å². The van der Waals surface area contributed by atoms with Crippen molar-refractivity contribution in [3.05, 3.63) is 36.2 Å². The van der Waals surface area contributed by atoms with Gasteiger partial charge in [-0.15, -0.1) is 10.2 Å². The second-order valence-corrected chi connectivity index (χ2v) is 5.61. The Balaban J connectivity index is 1.86. The molecule has 2 N–H and O–H groups in total. The summed E-state index contributed by atoms with van der Waals surface area (Å²) in [6, 6.07) is 9.28. The van der Waals surface area contributed by atoms with E-state index in [1.807, 2.05) is 44.2 Å². The topological polar surface area (TPSA) is 88.2 Å². The second kappa shape index (κ2) is 8.43. The number of nitrogens with zero attached hydrogens (tertiary/aromatic N) is 2. The molecular weight excluding hydrogens is 294 g/mol. The predicted molar refractivity (Wildman–Crippen MR) is 86.5 cm³/mol. The largest absolute Gasteiger partial charge is 0.421 e. The Kier molecular flexibility index (Phi) is 6.29. The fourth-order valence-electron chi connectivity index (χ4n) is 2.20. The molecule has 0 saturated carbocycles. The number of carbonyl (C=O) groups is 1. The summed E-state index contributed by atoms with van der Waals surface area (Å²) in [7, 11) is 0. The number of hydrogen-bond acceptors (Lipinski definition) is 5. The average molecular weight is 317 g/mol. The molecule has 23 heavy (non-hydrogen) atoms. The van der Waals surface area contributed by atoms with Crippen LogP contribution in [-0.2, 0) is 11.2 Å². The zero-order chi connectivity index (χ0) is 16.7. The highest BCUT2D eigenvalue weighted by Gasteiger charge is 2.18. The Morgan fingerprint density at radius 3 is 2.70 bits per heavy atom. The molecule has 1 aromatic carbocycles. The van der Waals surface area contributed by atoms with Crippen LogP contribution >= 0.6 is 0 Å².